The Kier molecular flexibility index (Phi) is 12.1. The standard InChI is InChI=1S/C30H36ClN3O5S/c1-3-39-20-10-19-32-30(36)29(26-13-8-5-9-14-26)34(22-25-15-17-27(31)18-16-25)28(35)23-33(40(2,37)38)21-24-11-6-4-7-12-24/h4-9,11-18,29H,3,10,19-23H2,1-2H3,(H,32,36)/t29-/m1/s1. The van der Waals surface area contributed by atoms with Crippen LogP contribution in [-0.2, 0) is 37.4 Å². The van der Waals surface area contributed by atoms with Gasteiger partial charge < -0.3 is 15.0 Å². The number of halogens is 1. The summed E-state index contributed by atoms with van der Waals surface area (Å²) in [7, 11) is -3.75. The van der Waals surface area contributed by atoms with E-state index in [2.05, 4.69) is 5.32 Å². The molecule has 10 heteroatoms. The van der Waals surface area contributed by atoms with Crippen LogP contribution in [0, 0.1) is 0 Å². The van der Waals surface area contributed by atoms with Crippen LogP contribution in [0.25, 0.3) is 0 Å². The number of sulfonamides is 1. The molecule has 0 bridgehead atoms. The summed E-state index contributed by atoms with van der Waals surface area (Å²) in [6.07, 6.45) is 1.69. The fourth-order valence-corrected chi connectivity index (χ4v) is 5.02. The maximum atomic E-state index is 14.0. The number of amides is 2. The Morgan fingerprint density at radius 2 is 1.50 bits per heavy atom. The molecule has 0 aliphatic heterocycles. The van der Waals surface area contributed by atoms with Crippen LogP contribution in [0.5, 0.6) is 0 Å². The summed E-state index contributed by atoms with van der Waals surface area (Å²) in [6.45, 7) is 3.04. The maximum absolute atomic E-state index is 14.0. The van der Waals surface area contributed by atoms with Gasteiger partial charge in [0, 0.05) is 37.9 Å². The van der Waals surface area contributed by atoms with Crippen LogP contribution in [0.3, 0.4) is 0 Å². The highest BCUT2D eigenvalue weighted by molar-refractivity contribution is 7.88. The fraction of sp³-hybridized carbons (Fsp3) is 0.333. The van der Waals surface area contributed by atoms with Gasteiger partial charge in [0.25, 0.3) is 0 Å². The van der Waals surface area contributed by atoms with Gasteiger partial charge in [-0.25, -0.2) is 8.42 Å². The third kappa shape index (κ3) is 9.75. The van der Waals surface area contributed by atoms with Crippen molar-refractivity contribution < 1.29 is 22.7 Å². The van der Waals surface area contributed by atoms with E-state index in [9.17, 15) is 18.0 Å². The third-order valence-electron chi connectivity index (χ3n) is 6.21. The second-order valence-electron chi connectivity index (χ2n) is 9.32. The van der Waals surface area contributed by atoms with E-state index in [4.69, 9.17) is 16.3 Å². The molecule has 3 rings (SSSR count). The minimum absolute atomic E-state index is 0.0276. The van der Waals surface area contributed by atoms with Crippen LogP contribution in [0.4, 0.5) is 0 Å². The SMILES string of the molecule is CCOCCCNC(=O)[C@@H](c1ccccc1)N(Cc1ccc(Cl)cc1)C(=O)CN(Cc1ccccc1)S(C)(=O)=O. The average molecular weight is 586 g/mol. The highest BCUT2D eigenvalue weighted by Gasteiger charge is 2.33. The predicted octanol–water partition coefficient (Wildman–Crippen LogP) is 4.41. The number of hydrogen-bond donors (Lipinski definition) is 1. The fourth-order valence-electron chi connectivity index (χ4n) is 4.16. The van der Waals surface area contributed by atoms with Crippen LogP contribution in [0.2, 0.25) is 5.02 Å². The van der Waals surface area contributed by atoms with Gasteiger partial charge in [-0.3, -0.25) is 9.59 Å². The van der Waals surface area contributed by atoms with Crippen molar-refractivity contribution in [1.82, 2.24) is 14.5 Å². The molecule has 0 saturated heterocycles. The summed E-state index contributed by atoms with van der Waals surface area (Å²) in [5.41, 5.74) is 2.11. The summed E-state index contributed by atoms with van der Waals surface area (Å²) in [6, 6.07) is 24.1. The van der Waals surface area contributed by atoms with Gasteiger partial charge in [0.1, 0.15) is 6.04 Å². The first-order chi connectivity index (χ1) is 19.2. The number of nitrogens with one attached hydrogen (secondary N) is 1. The van der Waals surface area contributed by atoms with E-state index in [0.29, 0.717) is 36.8 Å². The van der Waals surface area contributed by atoms with Crippen molar-refractivity contribution in [2.75, 3.05) is 32.6 Å². The van der Waals surface area contributed by atoms with Crippen molar-refractivity contribution in [2.24, 2.45) is 0 Å². The van der Waals surface area contributed by atoms with Crippen molar-refractivity contribution in [3.8, 4) is 0 Å². The first-order valence-electron chi connectivity index (χ1n) is 13.1. The van der Waals surface area contributed by atoms with Gasteiger partial charge in [-0.05, 0) is 42.2 Å². The molecule has 0 saturated carbocycles. The van der Waals surface area contributed by atoms with E-state index in [1.54, 1.807) is 60.7 Å². The molecule has 0 heterocycles. The van der Waals surface area contributed by atoms with E-state index < -0.39 is 28.5 Å². The summed E-state index contributed by atoms with van der Waals surface area (Å²) >= 11 is 6.08. The molecule has 0 aliphatic rings. The van der Waals surface area contributed by atoms with Gasteiger partial charge in [0.2, 0.25) is 21.8 Å². The molecule has 40 heavy (non-hydrogen) atoms. The lowest BCUT2D eigenvalue weighted by Gasteiger charge is -2.33. The van der Waals surface area contributed by atoms with E-state index in [0.717, 1.165) is 21.7 Å². The van der Waals surface area contributed by atoms with Crippen LogP contribution < -0.4 is 5.32 Å². The zero-order chi connectivity index (χ0) is 29.0. The van der Waals surface area contributed by atoms with Gasteiger partial charge >= 0.3 is 0 Å². The van der Waals surface area contributed by atoms with Crippen molar-refractivity contribution in [3.63, 3.8) is 0 Å². The zero-order valence-electron chi connectivity index (χ0n) is 22.8. The minimum atomic E-state index is -3.75. The molecule has 1 N–H and O–H groups in total. The van der Waals surface area contributed by atoms with Crippen molar-refractivity contribution in [2.45, 2.75) is 32.5 Å². The second kappa shape index (κ2) is 15.5. The van der Waals surface area contributed by atoms with E-state index in [-0.39, 0.29) is 19.0 Å². The molecule has 0 aliphatic carbocycles. The predicted molar refractivity (Wildman–Crippen MR) is 157 cm³/mol. The lowest BCUT2D eigenvalue weighted by atomic mass is 10.0. The molecule has 0 radical (unpaired) electrons. The normalized spacial score (nSPS) is 12.2. The molecular formula is C30H36ClN3O5S. The second-order valence-corrected chi connectivity index (χ2v) is 11.7. The molecule has 3 aromatic carbocycles. The number of rotatable bonds is 15. The van der Waals surface area contributed by atoms with Gasteiger partial charge in [-0.15, -0.1) is 0 Å². The molecule has 0 aromatic heterocycles. The van der Waals surface area contributed by atoms with Gasteiger partial charge in [-0.2, -0.15) is 4.31 Å². The van der Waals surface area contributed by atoms with Crippen LogP contribution in [0.1, 0.15) is 36.1 Å². The third-order valence-corrected chi connectivity index (χ3v) is 7.66. The highest BCUT2D eigenvalue weighted by atomic mass is 35.5. The van der Waals surface area contributed by atoms with Crippen LogP contribution in [-0.4, -0.2) is 62.0 Å². The van der Waals surface area contributed by atoms with Crippen LogP contribution in [0.15, 0.2) is 84.9 Å². The summed E-state index contributed by atoms with van der Waals surface area (Å²) in [4.78, 5) is 29.1. The van der Waals surface area contributed by atoms with E-state index >= 15 is 0 Å². The van der Waals surface area contributed by atoms with Crippen molar-refractivity contribution in [1.29, 1.82) is 0 Å². The van der Waals surface area contributed by atoms with Gasteiger partial charge in [0.05, 0.1) is 12.8 Å². The van der Waals surface area contributed by atoms with Crippen molar-refractivity contribution in [3.05, 3.63) is 107 Å². The summed E-state index contributed by atoms with van der Waals surface area (Å²) < 4.78 is 32.0. The topological polar surface area (TPSA) is 96.0 Å². The summed E-state index contributed by atoms with van der Waals surface area (Å²) in [5, 5.41) is 3.47. The van der Waals surface area contributed by atoms with Gasteiger partial charge in [-0.1, -0.05) is 84.4 Å². The molecule has 3 aromatic rings. The largest absolute Gasteiger partial charge is 0.382 e. The number of hydrogen-bond acceptors (Lipinski definition) is 5. The molecule has 0 spiro atoms. The Balaban J connectivity index is 1.96. The smallest absolute Gasteiger partial charge is 0.247 e. The van der Waals surface area contributed by atoms with E-state index in [1.165, 1.54) is 4.90 Å². The molecule has 214 valence electrons. The quantitative estimate of drug-likeness (QED) is 0.267. The molecule has 2 amide bonds. The Morgan fingerprint density at radius 1 is 0.900 bits per heavy atom. The Labute approximate surface area is 241 Å². The lowest BCUT2D eigenvalue weighted by Crippen LogP contribution is -2.48. The molecule has 0 fully saturated rings. The Bertz CT molecular complexity index is 1320. The number of benzene rings is 3. The molecule has 0 unspecified atom stereocenters. The molecular weight excluding hydrogens is 550 g/mol. The first-order valence-corrected chi connectivity index (χ1v) is 15.3. The van der Waals surface area contributed by atoms with Gasteiger partial charge in [0.15, 0.2) is 0 Å². The van der Waals surface area contributed by atoms with Crippen LogP contribution >= 0.6 is 11.6 Å². The number of carbonyl (C=O) groups excluding carboxylic acids is 2. The monoisotopic (exact) mass is 585 g/mol. The molecule has 1 atom stereocenters. The zero-order valence-corrected chi connectivity index (χ0v) is 24.4. The highest BCUT2D eigenvalue weighted by Crippen LogP contribution is 2.25. The number of carbonyl (C=O) groups is 2. The maximum Gasteiger partial charge on any atom is 0.247 e. The first kappa shape index (κ1) is 31.3. The lowest BCUT2D eigenvalue weighted by molar-refractivity contribution is -0.141. The summed E-state index contributed by atoms with van der Waals surface area (Å²) in [5.74, 6) is -0.867. The Hall–Kier alpha value is -3.24. The van der Waals surface area contributed by atoms with E-state index in [1.807, 2.05) is 31.2 Å². The number of nitrogens with zero attached hydrogens (tertiary/aromatic N) is 2. The molecule has 8 nitrogen and oxygen atoms in total. The number of ether oxygens (including phenoxy) is 1. The minimum Gasteiger partial charge on any atom is -0.382 e. The Morgan fingerprint density at radius 3 is 2.10 bits per heavy atom. The average Bonchev–Trinajstić information content (AvgIpc) is 2.94. The van der Waals surface area contributed by atoms with Crippen molar-refractivity contribution >= 4 is 33.4 Å².